The van der Waals surface area contributed by atoms with Gasteiger partial charge in [-0.2, -0.15) is 0 Å². The summed E-state index contributed by atoms with van der Waals surface area (Å²) in [6.45, 7) is 5.52. The molecule has 0 amide bonds. The van der Waals surface area contributed by atoms with E-state index in [0.717, 1.165) is 0 Å². The van der Waals surface area contributed by atoms with E-state index < -0.39 is 25.0 Å². The molecule has 0 aliphatic heterocycles. The molecular formula is C13H23O7P. The zero-order valence-electron chi connectivity index (χ0n) is 12.7. The molecule has 0 N–H and O–H groups in total. The molecule has 0 aliphatic carbocycles. The summed E-state index contributed by atoms with van der Waals surface area (Å²) in [5, 5.41) is 0. The molecule has 0 heterocycles. The first-order valence-corrected chi connectivity index (χ1v) is 8.14. The minimum absolute atomic E-state index is 0.0873. The SMILES string of the molecule is C=CCOC(=O)CCC(=O)C(COCC)P(=O)(OC)OC. The Labute approximate surface area is 125 Å². The molecule has 0 aromatic heterocycles. The number of ketones is 1. The summed E-state index contributed by atoms with van der Waals surface area (Å²) in [6, 6.07) is 0. The van der Waals surface area contributed by atoms with E-state index in [-0.39, 0.29) is 26.1 Å². The fourth-order valence-electron chi connectivity index (χ4n) is 1.53. The van der Waals surface area contributed by atoms with Crippen LogP contribution >= 0.6 is 7.60 Å². The molecule has 0 radical (unpaired) electrons. The van der Waals surface area contributed by atoms with Crippen LogP contribution in [0.5, 0.6) is 0 Å². The predicted molar refractivity (Wildman–Crippen MR) is 77.3 cm³/mol. The molecule has 7 nitrogen and oxygen atoms in total. The second-order valence-electron chi connectivity index (χ2n) is 4.02. The second kappa shape index (κ2) is 10.7. The van der Waals surface area contributed by atoms with Crippen molar-refractivity contribution in [2.24, 2.45) is 0 Å². The Balaban J connectivity index is 4.69. The van der Waals surface area contributed by atoms with Gasteiger partial charge in [0.1, 0.15) is 12.3 Å². The Morgan fingerprint density at radius 1 is 1.24 bits per heavy atom. The van der Waals surface area contributed by atoms with E-state index in [2.05, 4.69) is 6.58 Å². The van der Waals surface area contributed by atoms with E-state index in [9.17, 15) is 14.2 Å². The monoisotopic (exact) mass is 322 g/mol. The first-order valence-electron chi connectivity index (χ1n) is 6.53. The Morgan fingerprint density at radius 3 is 2.33 bits per heavy atom. The fraction of sp³-hybridized carbons (Fsp3) is 0.692. The van der Waals surface area contributed by atoms with Crippen molar-refractivity contribution in [2.45, 2.75) is 25.4 Å². The van der Waals surface area contributed by atoms with Gasteiger partial charge in [-0.05, 0) is 6.92 Å². The van der Waals surface area contributed by atoms with Crippen molar-refractivity contribution in [3.63, 3.8) is 0 Å². The quantitative estimate of drug-likeness (QED) is 0.308. The van der Waals surface area contributed by atoms with Gasteiger partial charge in [0, 0.05) is 27.2 Å². The number of ether oxygens (including phenoxy) is 2. The van der Waals surface area contributed by atoms with Crippen LogP contribution in [0.25, 0.3) is 0 Å². The smallest absolute Gasteiger partial charge is 0.342 e. The lowest BCUT2D eigenvalue weighted by Crippen LogP contribution is -2.28. The van der Waals surface area contributed by atoms with Gasteiger partial charge in [-0.25, -0.2) is 0 Å². The fourth-order valence-corrected chi connectivity index (χ4v) is 2.96. The average molecular weight is 322 g/mol. The van der Waals surface area contributed by atoms with Crippen molar-refractivity contribution >= 4 is 19.3 Å². The van der Waals surface area contributed by atoms with Gasteiger partial charge in [0.05, 0.1) is 13.0 Å². The van der Waals surface area contributed by atoms with E-state index in [4.69, 9.17) is 18.5 Å². The van der Waals surface area contributed by atoms with Crippen LogP contribution in [-0.2, 0) is 32.7 Å². The number of hydrogen-bond donors (Lipinski definition) is 0. The standard InChI is InChI=1S/C13H23O7P/c1-5-9-20-13(15)8-7-11(14)12(10-19-6-2)21(16,17-3)18-4/h5,12H,1,6-10H2,2-4H3. The zero-order valence-corrected chi connectivity index (χ0v) is 13.6. The highest BCUT2D eigenvalue weighted by Gasteiger charge is 2.39. The van der Waals surface area contributed by atoms with Gasteiger partial charge in [0.25, 0.3) is 0 Å². The van der Waals surface area contributed by atoms with Crippen molar-refractivity contribution in [2.75, 3.05) is 34.0 Å². The summed E-state index contributed by atoms with van der Waals surface area (Å²) in [4.78, 5) is 23.5. The Morgan fingerprint density at radius 2 is 1.86 bits per heavy atom. The van der Waals surface area contributed by atoms with Gasteiger partial charge >= 0.3 is 13.6 Å². The highest BCUT2D eigenvalue weighted by molar-refractivity contribution is 7.55. The highest BCUT2D eigenvalue weighted by Crippen LogP contribution is 2.52. The van der Waals surface area contributed by atoms with Crippen molar-refractivity contribution in [1.29, 1.82) is 0 Å². The van der Waals surface area contributed by atoms with Gasteiger partial charge in [-0.3, -0.25) is 14.2 Å². The molecule has 0 saturated carbocycles. The van der Waals surface area contributed by atoms with Crippen LogP contribution in [-0.4, -0.2) is 51.5 Å². The van der Waals surface area contributed by atoms with E-state index >= 15 is 0 Å². The number of Topliss-reactive ketones (excluding diaryl/α,β-unsaturated/α-hetero) is 1. The molecule has 0 aromatic rings. The summed E-state index contributed by atoms with van der Waals surface area (Å²) in [6.07, 6.45) is 1.20. The summed E-state index contributed by atoms with van der Waals surface area (Å²) >= 11 is 0. The van der Waals surface area contributed by atoms with Gasteiger partial charge in [-0.1, -0.05) is 12.7 Å². The third-order valence-electron chi connectivity index (χ3n) is 2.68. The third kappa shape index (κ3) is 7.00. The van der Waals surface area contributed by atoms with Gasteiger partial charge in [-0.15, -0.1) is 0 Å². The van der Waals surface area contributed by atoms with Crippen molar-refractivity contribution in [3.05, 3.63) is 12.7 Å². The summed E-state index contributed by atoms with van der Waals surface area (Å²) in [7, 11) is -1.19. The molecule has 0 aliphatic rings. The summed E-state index contributed by atoms with van der Waals surface area (Å²) < 4.78 is 31.9. The minimum atomic E-state index is -3.60. The van der Waals surface area contributed by atoms with Crippen molar-refractivity contribution in [1.82, 2.24) is 0 Å². The van der Waals surface area contributed by atoms with Crippen LogP contribution < -0.4 is 0 Å². The molecule has 1 unspecified atom stereocenters. The van der Waals surface area contributed by atoms with Crippen LogP contribution in [0.15, 0.2) is 12.7 Å². The van der Waals surface area contributed by atoms with E-state index in [1.807, 2.05) is 0 Å². The van der Waals surface area contributed by atoms with E-state index in [1.165, 1.54) is 20.3 Å². The lowest BCUT2D eigenvalue weighted by Gasteiger charge is -2.22. The lowest BCUT2D eigenvalue weighted by molar-refractivity contribution is -0.143. The van der Waals surface area contributed by atoms with Crippen molar-refractivity contribution in [3.8, 4) is 0 Å². The molecule has 1 atom stereocenters. The molecule has 0 fully saturated rings. The number of rotatable bonds is 12. The Hall–Kier alpha value is -1.01. The molecule has 0 rings (SSSR count). The van der Waals surface area contributed by atoms with Gasteiger partial charge in [0.15, 0.2) is 5.78 Å². The highest BCUT2D eigenvalue weighted by atomic mass is 31.2. The maximum Gasteiger partial charge on any atom is 0.342 e. The third-order valence-corrected chi connectivity index (χ3v) is 4.90. The van der Waals surface area contributed by atoms with Crippen LogP contribution in [0.1, 0.15) is 19.8 Å². The molecule has 0 bridgehead atoms. The second-order valence-corrected chi connectivity index (χ2v) is 6.45. The van der Waals surface area contributed by atoms with Crippen LogP contribution in [0.3, 0.4) is 0 Å². The lowest BCUT2D eigenvalue weighted by atomic mass is 10.1. The Bertz CT molecular complexity index is 386. The minimum Gasteiger partial charge on any atom is -0.461 e. The number of carbonyl (C=O) groups excluding carboxylic acids is 2. The predicted octanol–water partition coefficient (Wildman–Crippen LogP) is 1.96. The molecule has 21 heavy (non-hydrogen) atoms. The normalized spacial score (nSPS) is 12.7. The average Bonchev–Trinajstić information content (AvgIpc) is 2.50. The molecule has 0 spiro atoms. The van der Waals surface area contributed by atoms with Gasteiger partial charge in [0.2, 0.25) is 0 Å². The zero-order chi connectivity index (χ0) is 16.3. The molecular weight excluding hydrogens is 299 g/mol. The van der Waals surface area contributed by atoms with Crippen LogP contribution in [0.4, 0.5) is 0 Å². The van der Waals surface area contributed by atoms with Gasteiger partial charge < -0.3 is 18.5 Å². The van der Waals surface area contributed by atoms with Crippen molar-refractivity contribution < 1.29 is 32.7 Å². The largest absolute Gasteiger partial charge is 0.461 e. The summed E-state index contributed by atoms with van der Waals surface area (Å²) in [5.41, 5.74) is -1.06. The Kier molecular flexibility index (Phi) is 10.2. The summed E-state index contributed by atoms with van der Waals surface area (Å²) in [5.74, 6) is -0.950. The van der Waals surface area contributed by atoms with Crippen LogP contribution in [0.2, 0.25) is 0 Å². The first-order chi connectivity index (χ1) is 9.95. The molecule has 8 heteroatoms. The first kappa shape index (κ1) is 20.0. The van der Waals surface area contributed by atoms with Crippen LogP contribution in [0, 0.1) is 0 Å². The number of carbonyl (C=O) groups is 2. The maximum atomic E-state index is 12.3. The topological polar surface area (TPSA) is 88.1 Å². The maximum absolute atomic E-state index is 12.3. The molecule has 122 valence electrons. The van der Waals surface area contributed by atoms with E-state index in [1.54, 1.807) is 6.92 Å². The molecule has 0 saturated heterocycles. The van der Waals surface area contributed by atoms with E-state index in [0.29, 0.717) is 6.61 Å². The number of hydrogen-bond acceptors (Lipinski definition) is 7. The number of esters is 1. The molecule has 0 aromatic carbocycles.